The molecule has 0 saturated carbocycles. The molecule has 0 aliphatic carbocycles. The SMILES string of the molecule is CC(C)(N)Cc1nc(-c2ccc(F)c3ccccc23)no1. The zero-order valence-electron chi connectivity index (χ0n) is 11.9. The average molecular weight is 285 g/mol. The Morgan fingerprint density at radius 1 is 1.14 bits per heavy atom. The van der Waals surface area contributed by atoms with Gasteiger partial charge in [-0.2, -0.15) is 4.98 Å². The van der Waals surface area contributed by atoms with Crippen molar-refractivity contribution in [2.45, 2.75) is 25.8 Å². The summed E-state index contributed by atoms with van der Waals surface area (Å²) >= 11 is 0. The molecule has 108 valence electrons. The first-order chi connectivity index (χ1) is 9.94. The highest BCUT2D eigenvalue weighted by Gasteiger charge is 2.18. The van der Waals surface area contributed by atoms with Crippen LogP contribution in [0.4, 0.5) is 4.39 Å². The van der Waals surface area contributed by atoms with Gasteiger partial charge in [0.15, 0.2) is 0 Å². The van der Waals surface area contributed by atoms with Crippen LogP contribution >= 0.6 is 0 Å². The highest BCUT2D eigenvalue weighted by molar-refractivity contribution is 5.95. The number of halogens is 1. The van der Waals surface area contributed by atoms with Crippen molar-refractivity contribution < 1.29 is 8.91 Å². The standard InChI is InChI=1S/C16H16FN3O/c1-16(2,18)9-14-19-15(20-21-14)12-7-8-13(17)11-6-4-3-5-10(11)12/h3-8H,9,18H2,1-2H3. The molecule has 0 fully saturated rings. The van der Waals surface area contributed by atoms with Crippen LogP contribution in [-0.4, -0.2) is 15.7 Å². The summed E-state index contributed by atoms with van der Waals surface area (Å²) < 4.78 is 19.1. The lowest BCUT2D eigenvalue weighted by atomic mass is 10.0. The zero-order valence-corrected chi connectivity index (χ0v) is 11.9. The molecule has 0 amide bonds. The van der Waals surface area contributed by atoms with E-state index in [9.17, 15) is 4.39 Å². The minimum absolute atomic E-state index is 0.263. The van der Waals surface area contributed by atoms with E-state index < -0.39 is 5.54 Å². The largest absolute Gasteiger partial charge is 0.339 e. The fraction of sp³-hybridized carbons (Fsp3) is 0.250. The molecule has 5 heteroatoms. The van der Waals surface area contributed by atoms with Crippen LogP contribution in [0.2, 0.25) is 0 Å². The van der Waals surface area contributed by atoms with Gasteiger partial charge in [-0.05, 0) is 31.4 Å². The summed E-state index contributed by atoms with van der Waals surface area (Å²) in [6, 6.07) is 10.3. The van der Waals surface area contributed by atoms with Gasteiger partial charge in [-0.3, -0.25) is 0 Å². The Kier molecular flexibility index (Phi) is 3.22. The van der Waals surface area contributed by atoms with Crippen LogP contribution in [0, 0.1) is 5.82 Å². The van der Waals surface area contributed by atoms with Gasteiger partial charge in [0, 0.05) is 22.9 Å². The summed E-state index contributed by atoms with van der Waals surface area (Å²) in [5.74, 6) is 0.664. The van der Waals surface area contributed by atoms with E-state index in [2.05, 4.69) is 10.1 Å². The maximum absolute atomic E-state index is 13.8. The second-order valence-electron chi connectivity index (χ2n) is 5.82. The fourth-order valence-electron chi connectivity index (χ4n) is 2.28. The van der Waals surface area contributed by atoms with Crippen molar-refractivity contribution in [2.24, 2.45) is 5.73 Å². The lowest BCUT2D eigenvalue weighted by Crippen LogP contribution is -2.34. The molecule has 2 aromatic carbocycles. The van der Waals surface area contributed by atoms with Gasteiger partial charge in [-0.25, -0.2) is 4.39 Å². The first-order valence-electron chi connectivity index (χ1n) is 6.73. The Balaban J connectivity index is 2.07. The van der Waals surface area contributed by atoms with Gasteiger partial charge < -0.3 is 10.3 Å². The minimum atomic E-state index is -0.422. The van der Waals surface area contributed by atoms with Crippen molar-refractivity contribution >= 4 is 10.8 Å². The number of nitrogens with zero attached hydrogens (tertiary/aromatic N) is 2. The molecule has 1 heterocycles. The summed E-state index contributed by atoms with van der Waals surface area (Å²) in [6.07, 6.45) is 0.485. The Hall–Kier alpha value is -2.27. The monoisotopic (exact) mass is 285 g/mol. The van der Waals surface area contributed by atoms with Crippen LogP contribution in [0.15, 0.2) is 40.9 Å². The summed E-state index contributed by atoms with van der Waals surface area (Å²) in [7, 11) is 0. The van der Waals surface area contributed by atoms with Crippen molar-refractivity contribution in [1.82, 2.24) is 10.1 Å². The quantitative estimate of drug-likeness (QED) is 0.801. The first kappa shape index (κ1) is 13.7. The minimum Gasteiger partial charge on any atom is -0.339 e. The summed E-state index contributed by atoms with van der Waals surface area (Å²) in [6.45, 7) is 3.79. The molecular formula is C16H16FN3O. The van der Waals surface area contributed by atoms with Crippen molar-refractivity contribution in [2.75, 3.05) is 0 Å². The predicted octanol–water partition coefficient (Wildman–Crippen LogP) is 3.31. The molecule has 0 atom stereocenters. The molecule has 1 aromatic heterocycles. The van der Waals surface area contributed by atoms with Gasteiger partial charge in [0.05, 0.1) is 0 Å². The Morgan fingerprint density at radius 2 is 1.86 bits per heavy atom. The van der Waals surface area contributed by atoms with E-state index in [1.54, 1.807) is 18.2 Å². The van der Waals surface area contributed by atoms with Crippen LogP contribution in [0.5, 0.6) is 0 Å². The van der Waals surface area contributed by atoms with E-state index >= 15 is 0 Å². The van der Waals surface area contributed by atoms with Crippen LogP contribution < -0.4 is 5.73 Å². The van der Waals surface area contributed by atoms with E-state index in [0.29, 0.717) is 23.5 Å². The van der Waals surface area contributed by atoms with Crippen LogP contribution in [0.1, 0.15) is 19.7 Å². The smallest absolute Gasteiger partial charge is 0.228 e. The molecule has 4 nitrogen and oxygen atoms in total. The summed E-state index contributed by atoms with van der Waals surface area (Å²) in [5, 5.41) is 5.29. The molecule has 0 spiro atoms. The number of hydrogen-bond acceptors (Lipinski definition) is 4. The molecule has 3 rings (SSSR count). The number of fused-ring (bicyclic) bond motifs is 1. The van der Waals surface area contributed by atoms with E-state index in [1.807, 2.05) is 26.0 Å². The van der Waals surface area contributed by atoms with Crippen molar-refractivity contribution in [3.05, 3.63) is 48.1 Å². The highest BCUT2D eigenvalue weighted by atomic mass is 19.1. The molecule has 0 aliphatic rings. The third-order valence-electron chi connectivity index (χ3n) is 3.19. The van der Waals surface area contributed by atoms with E-state index in [0.717, 1.165) is 10.9 Å². The van der Waals surface area contributed by atoms with Gasteiger partial charge in [0.1, 0.15) is 5.82 Å². The Labute approximate surface area is 121 Å². The average Bonchev–Trinajstić information content (AvgIpc) is 2.85. The van der Waals surface area contributed by atoms with E-state index in [-0.39, 0.29) is 5.82 Å². The van der Waals surface area contributed by atoms with Gasteiger partial charge in [-0.1, -0.05) is 29.4 Å². The van der Waals surface area contributed by atoms with E-state index in [1.165, 1.54) is 6.07 Å². The zero-order chi connectivity index (χ0) is 15.0. The highest BCUT2D eigenvalue weighted by Crippen LogP contribution is 2.28. The number of hydrogen-bond donors (Lipinski definition) is 1. The van der Waals surface area contributed by atoms with Crippen molar-refractivity contribution in [3.63, 3.8) is 0 Å². The molecule has 0 radical (unpaired) electrons. The topological polar surface area (TPSA) is 64.9 Å². The number of nitrogens with two attached hydrogens (primary N) is 1. The number of rotatable bonds is 3. The van der Waals surface area contributed by atoms with Crippen molar-refractivity contribution in [3.8, 4) is 11.4 Å². The number of benzene rings is 2. The molecule has 0 bridgehead atoms. The predicted molar refractivity (Wildman–Crippen MR) is 79.2 cm³/mol. The molecule has 0 saturated heterocycles. The fourth-order valence-corrected chi connectivity index (χ4v) is 2.28. The second-order valence-corrected chi connectivity index (χ2v) is 5.82. The summed E-state index contributed by atoms with van der Waals surface area (Å²) in [5.41, 5.74) is 6.27. The van der Waals surface area contributed by atoms with Gasteiger partial charge in [0.25, 0.3) is 0 Å². The molecule has 0 unspecified atom stereocenters. The van der Waals surface area contributed by atoms with Crippen LogP contribution in [0.25, 0.3) is 22.2 Å². The summed E-state index contributed by atoms with van der Waals surface area (Å²) in [4.78, 5) is 4.37. The molecule has 0 aliphatic heterocycles. The van der Waals surface area contributed by atoms with E-state index in [4.69, 9.17) is 10.3 Å². The lowest BCUT2D eigenvalue weighted by Gasteiger charge is -2.14. The lowest BCUT2D eigenvalue weighted by molar-refractivity contribution is 0.348. The normalized spacial score (nSPS) is 12.0. The second kappa shape index (κ2) is 4.93. The molecule has 2 N–H and O–H groups in total. The third-order valence-corrected chi connectivity index (χ3v) is 3.19. The Morgan fingerprint density at radius 3 is 2.57 bits per heavy atom. The molecule has 3 aromatic rings. The Bertz CT molecular complexity index is 790. The maximum atomic E-state index is 13.8. The van der Waals surface area contributed by atoms with Crippen LogP contribution in [-0.2, 0) is 6.42 Å². The van der Waals surface area contributed by atoms with Gasteiger partial charge in [0.2, 0.25) is 11.7 Å². The number of aromatic nitrogens is 2. The van der Waals surface area contributed by atoms with Crippen LogP contribution in [0.3, 0.4) is 0 Å². The first-order valence-corrected chi connectivity index (χ1v) is 6.73. The molecule has 21 heavy (non-hydrogen) atoms. The third kappa shape index (κ3) is 2.78. The molecular weight excluding hydrogens is 269 g/mol. The maximum Gasteiger partial charge on any atom is 0.228 e. The van der Waals surface area contributed by atoms with Crippen molar-refractivity contribution in [1.29, 1.82) is 0 Å². The van der Waals surface area contributed by atoms with Gasteiger partial charge in [-0.15, -0.1) is 0 Å². The van der Waals surface area contributed by atoms with Gasteiger partial charge >= 0.3 is 0 Å².